The zero-order valence-electron chi connectivity index (χ0n) is 6.88. The predicted molar refractivity (Wildman–Crippen MR) is 42.1 cm³/mol. The van der Waals surface area contributed by atoms with E-state index in [1.807, 2.05) is 6.07 Å². The highest BCUT2D eigenvalue weighted by molar-refractivity contribution is 5.38. The third-order valence-electron chi connectivity index (χ3n) is 1.73. The second-order valence-electron chi connectivity index (χ2n) is 2.68. The maximum absolute atomic E-state index is 12.7. The molecule has 0 aliphatic carbocycles. The Morgan fingerprint density at radius 3 is 2.46 bits per heavy atom. The molecular formula is C9H7F2NO. The third-order valence-corrected chi connectivity index (χ3v) is 1.73. The lowest BCUT2D eigenvalue weighted by Gasteiger charge is -2.06. The number of hydrogen-bond acceptors (Lipinski definition) is 2. The van der Waals surface area contributed by atoms with Gasteiger partial charge in [0.15, 0.2) is 11.6 Å². The predicted octanol–water partition coefficient (Wildman–Crippen LogP) is 2.30. The Kier molecular flexibility index (Phi) is 2.47. The van der Waals surface area contributed by atoms with Gasteiger partial charge in [-0.25, -0.2) is 8.78 Å². The summed E-state index contributed by atoms with van der Waals surface area (Å²) in [4.78, 5) is 0. The first-order valence-electron chi connectivity index (χ1n) is 3.63. The van der Waals surface area contributed by atoms with Crippen LogP contribution in [0.1, 0.15) is 18.4 Å². The molecule has 2 nitrogen and oxygen atoms in total. The van der Waals surface area contributed by atoms with Crippen LogP contribution in [0.25, 0.3) is 0 Å². The minimum absolute atomic E-state index is 0.0985. The molecule has 1 unspecified atom stereocenters. The molecule has 0 aliphatic rings. The molecule has 1 aromatic rings. The van der Waals surface area contributed by atoms with Crippen molar-refractivity contribution in [2.45, 2.75) is 12.8 Å². The quantitative estimate of drug-likeness (QED) is 0.725. The molecular weight excluding hydrogens is 176 g/mol. The molecule has 68 valence electrons. The van der Waals surface area contributed by atoms with Gasteiger partial charge in [-0.3, -0.25) is 0 Å². The zero-order chi connectivity index (χ0) is 10.0. The van der Waals surface area contributed by atoms with Gasteiger partial charge >= 0.3 is 0 Å². The zero-order valence-corrected chi connectivity index (χ0v) is 6.88. The topological polar surface area (TPSA) is 44.0 Å². The molecule has 0 bridgehead atoms. The highest BCUT2D eigenvalue weighted by atomic mass is 19.2. The Balaban J connectivity index is 3.25. The van der Waals surface area contributed by atoms with Crippen LogP contribution in [-0.2, 0) is 0 Å². The van der Waals surface area contributed by atoms with Crippen LogP contribution in [0.15, 0.2) is 12.1 Å². The summed E-state index contributed by atoms with van der Waals surface area (Å²) in [6.45, 7) is 1.49. The Labute approximate surface area is 74.0 Å². The van der Waals surface area contributed by atoms with Gasteiger partial charge in [0, 0.05) is 11.6 Å². The second-order valence-corrected chi connectivity index (χ2v) is 2.68. The van der Waals surface area contributed by atoms with E-state index in [9.17, 15) is 8.78 Å². The Bertz CT molecular complexity index is 371. The first-order valence-corrected chi connectivity index (χ1v) is 3.63. The van der Waals surface area contributed by atoms with Crippen LogP contribution in [0.5, 0.6) is 5.75 Å². The lowest BCUT2D eigenvalue weighted by molar-refractivity contribution is 0.446. The summed E-state index contributed by atoms with van der Waals surface area (Å²) in [5.41, 5.74) is 0.0985. The van der Waals surface area contributed by atoms with Crippen LogP contribution in [0.3, 0.4) is 0 Å². The number of phenolic OH excluding ortho intramolecular Hbond substituents is 1. The van der Waals surface area contributed by atoms with E-state index in [0.29, 0.717) is 6.07 Å². The molecule has 0 fully saturated rings. The van der Waals surface area contributed by atoms with E-state index >= 15 is 0 Å². The molecule has 4 heteroatoms. The van der Waals surface area contributed by atoms with E-state index in [2.05, 4.69) is 0 Å². The number of rotatable bonds is 1. The smallest absolute Gasteiger partial charge is 0.162 e. The Hall–Kier alpha value is -1.63. The van der Waals surface area contributed by atoms with Gasteiger partial charge < -0.3 is 5.11 Å². The SMILES string of the molecule is CC(C#N)c1cc(F)c(F)cc1O. The first kappa shape index (κ1) is 9.46. The Morgan fingerprint density at radius 2 is 1.92 bits per heavy atom. The molecule has 1 atom stereocenters. The average Bonchev–Trinajstić information content (AvgIpc) is 2.10. The second kappa shape index (κ2) is 3.40. The average molecular weight is 183 g/mol. The molecule has 1 N–H and O–H groups in total. The molecule has 0 spiro atoms. The normalized spacial score (nSPS) is 12.2. The van der Waals surface area contributed by atoms with Gasteiger partial charge in [0.25, 0.3) is 0 Å². The summed E-state index contributed by atoms with van der Waals surface area (Å²) in [5, 5.41) is 17.7. The molecule has 0 aliphatic heterocycles. The van der Waals surface area contributed by atoms with Crippen molar-refractivity contribution in [1.29, 1.82) is 5.26 Å². The summed E-state index contributed by atoms with van der Waals surface area (Å²) in [5.74, 6) is -3.23. The van der Waals surface area contributed by atoms with Crippen LogP contribution < -0.4 is 0 Å². The number of phenols is 1. The largest absolute Gasteiger partial charge is 0.508 e. The van der Waals surface area contributed by atoms with Gasteiger partial charge in [-0.1, -0.05) is 0 Å². The first-order chi connectivity index (χ1) is 6.06. The summed E-state index contributed by atoms with van der Waals surface area (Å²) in [6.07, 6.45) is 0. The van der Waals surface area contributed by atoms with Crippen LogP contribution in [0, 0.1) is 23.0 Å². The molecule has 0 saturated carbocycles. The molecule has 0 heterocycles. The van der Waals surface area contributed by atoms with Crippen molar-refractivity contribution in [3.63, 3.8) is 0 Å². The van der Waals surface area contributed by atoms with Gasteiger partial charge in [0.05, 0.1) is 12.0 Å². The fourth-order valence-electron chi connectivity index (χ4n) is 0.968. The minimum atomic E-state index is -1.12. The number of benzene rings is 1. The highest BCUT2D eigenvalue weighted by Crippen LogP contribution is 2.27. The maximum Gasteiger partial charge on any atom is 0.162 e. The maximum atomic E-state index is 12.7. The summed E-state index contributed by atoms with van der Waals surface area (Å²) < 4.78 is 25.2. The van der Waals surface area contributed by atoms with Gasteiger partial charge in [0.1, 0.15) is 5.75 Å². The van der Waals surface area contributed by atoms with Crippen LogP contribution in [-0.4, -0.2) is 5.11 Å². The molecule has 0 aromatic heterocycles. The van der Waals surface area contributed by atoms with Crippen molar-refractivity contribution >= 4 is 0 Å². The number of hydrogen-bond donors (Lipinski definition) is 1. The van der Waals surface area contributed by atoms with E-state index in [1.54, 1.807) is 0 Å². The van der Waals surface area contributed by atoms with Crippen molar-refractivity contribution < 1.29 is 13.9 Å². The fraction of sp³-hybridized carbons (Fsp3) is 0.222. The van der Waals surface area contributed by atoms with Gasteiger partial charge in [0.2, 0.25) is 0 Å². The molecule has 0 saturated heterocycles. The van der Waals surface area contributed by atoms with E-state index in [1.165, 1.54) is 6.92 Å². The monoisotopic (exact) mass is 183 g/mol. The van der Waals surface area contributed by atoms with Gasteiger partial charge in [-0.05, 0) is 13.0 Å². The molecule has 0 radical (unpaired) electrons. The van der Waals surface area contributed by atoms with E-state index in [4.69, 9.17) is 10.4 Å². The third kappa shape index (κ3) is 1.75. The van der Waals surface area contributed by atoms with Crippen molar-refractivity contribution in [3.8, 4) is 11.8 Å². The number of nitriles is 1. The summed E-state index contributed by atoms with van der Waals surface area (Å²) >= 11 is 0. The van der Waals surface area contributed by atoms with Crippen molar-refractivity contribution in [3.05, 3.63) is 29.3 Å². The van der Waals surface area contributed by atoms with Gasteiger partial charge in [-0.2, -0.15) is 5.26 Å². The fourth-order valence-corrected chi connectivity index (χ4v) is 0.968. The lowest BCUT2D eigenvalue weighted by Crippen LogP contribution is -1.94. The van der Waals surface area contributed by atoms with Crippen LogP contribution >= 0.6 is 0 Å². The number of halogens is 2. The Morgan fingerprint density at radius 1 is 1.38 bits per heavy atom. The van der Waals surface area contributed by atoms with E-state index in [0.717, 1.165) is 6.07 Å². The number of nitrogens with zero attached hydrogens (tertiary/aromatic N) is 1. The van der Waals surface area contributed by atoms with Crippen LogP contribution in [0.4, 0.5) is 8.78 Å². The van der Waals surface area contributed by atoms with Gasteiger partial charge in [-0.15, -0.1) is 0 Å². The van der Waals surface area contributed by atoms with Crippen molar-refractivity contribution in [2.24, 2.45) is 0 Å². The standard InChI is InChI=1S/C9H7F2NO/c1-5(4-12)6-2-7(10)8(11)3-9(6)13/h2-3,5,13H,1H3. The van der Waals surface area contributed by atoms with Crippen molar-refractivity contribution in [2.75, 3.05) is 0 Å². The van der Waals surface area contributed by atoms with E-state index < -0.39 is 23.3 Å². The molecule has 1 aromatic carbocycles. The lowest BCUT2D eigenvalue weighted by atomic mass is 10.0. The molecule has 0 amide bonds. The van der Waals surface area contributed by atoms with E-state index in [-0.39, 0.29) is 5.56 Å². The van der Waals surface area contributed by atoms with Crippen molar-refractivity contribution in [1.82, 2.24) is 0 Å². The number of aromatic hydroxyl groups is 1. The molecule has 13 heavy (non-hydrogen) atoms. The minimum Gasteiger partial charge on any atom is -0.508 e. The highest BCUT2D eigenvalue weighted by Gasteiger charge is 2.13. The summed E-state index contributed by atoms with van der Waals surface area (Å²) in [7, 11) is 0. The molecule has 1 rings (SSSR count). The summed E-state index contributed by atoms with van der Waals surface area (Å²) in [6, 6.07) is 3.32. The van der Waals surface area contributed by atoms with Crippen LogP contribution in [0.2, 0.25) is 0 Å².